The van der Waals surface area contributed by atoms with Crippen LogP contribution >= 0.6 is 0 Å². The van der Waals surface area contributed by atoms with E-state index in [-0.39, 0.29) is 24.0 Å². The largest absolute Gasteiger partial charge is 0.507 e. The van der Waals surface area contributed by atoms with E-state index in [0.717, 1.165) is 11.3 Å². The van der Waals surface area contributed by atoms with Gasteiger partial charge < -0.3 is 24.6 Å². The molecule has 7 heteroatoms. The molecule has 1 atom stereocenters. The third-order valence-electron chi connectivity index (χ3n) is 5.74. The molecule has 2 N–H and O–H groups in total. The normalized spacial score (nSPS) is 16.5. The van der Waals surface area contributed by atoms with Crippen molar-refractivity contribution < 1.29 is 29.3 Å². The number of phenols is 1. The van der Waals surface area contributed by atoms with E-state index in [2.05, 4.69) is 0 Å². The Morgan fingerprint density at radius 1 is 1.00 bits per heavy atom. The average molecular weight is 417 g/mol. The smallest absolute Gasteiger partial charge is 0.335 e. The highest BCUT2D eigenvalue weighted by atomic mass is 16.7. The van der Waals surface area contributed by atoms with Gasteiger partial charge in [0.2, 0.25) is 12.7 Å². The van der Waals surface area contributed by atoms with E-state index in [4.69, 9.17) is 9.47 Å². The zero-order chi connectivity index (χ0) is 21.5. The van der Waals surface area contributed by atoms with Crippen molar-refractivity contribution in [3.8, 4) is 17.2 Å². The molecule has 0 spiro atoms. The fourth-order valence-electron chi connectivity index (χ4n) is 4.27. The molecule has 3 aromatic carbocycles. The Morgan fingerprint density at radius 3 is 2.52 bits per heavy atom. The number of hydrogen-bond donors (Lipinski definition) is 2. The van der Waals surface area contributed by atoms with Crippen molar-refractivity contribution in [2.24, 2.45) is 0 Å². The first-order valence-electron chi connectivity index (χ1n) is 9.88. The predicted molar refractivity (Wildman–Crippen MR) is 112 cm³/mol. The van der Waals surface area contributed by atoms with E-state index in [9.17, 15) is 19.8 Å². The van der Waals surface area contributed by atoms with Crippen molar-refractivity contribution in [1.29, 1.82) is 0 Å². The minimum atomic E-state index is -0.994. The molecule has 31 heavy (non-hydrogen) atoms. The van der Waals surface area contributed by atoms with Crippen LogP contribution in [0.15, 0.2) is 60.7 Å². The molecule has 2 aliphatic heterocycles. The molecular formula is C24H19NO6. The second-order valence-electron chi connectivity index (χ2n) is 7.46. The fourth-order valence-corrected chi connectivity index (χ4v) is 4.27. The zero-order valence-electron chi connectivity index (χ0n) is 16.4. The van der Waals surface area contributed by atoms with Gasteiger partial charge in [-0.15, -0.1) is 0 Å². The quantitative estimate of drug-likeness (QED) is 0.659. The number of carbonyl (C=O) groups excluding carboxylic acids is 1. The van der Waals surface area contributed by atoms with Gasteiger partial charge in [0.1, 0.15) is 5.75 Å². The molecule has 5 rings (SSSR count). The van der Waals surface area contributed by atoms with Crippen LogP contribution in [0.2, 0.25) is 0 Å². The summed E-state index contributed by atoms with van der Waals surface area (Å²) in [5, 5.41) is 20.0. The molecule has 2 aliphatic rings. The number of para-hydroxylation sites is 1. The summed E-state index contributed by atoms with van der Waals surface area (Å²) in [5.41, 5.74) is 2.88. The first kappa shape index (κ1) is 19.0. The van der Waals surface area contributed by atoms with Gasteiger partial charge in [-0.05, 0) is 35.7 Å². The minimum absolute atomic E-state index is 0.0320. The van der Waals surface area contributed by atoms with Crippen LogP contribution in [-0.2, 0) is 11.2 Å². The lowest BCUT2D eigenvalue weighted by Crippen LogP contribution is -2.31. The van der Waals surface area contributed by atoms with E-state index in [1.807, 2.05) is 24.3 Å². The van der Waals surface area contributed by atoms with Crippen molar-refractivity contribution >= 4 is 17.6 Å². The van der Waals surface area contributed by atoms with Crippen LogP contribution in [0.3, 0.4) is 0 Å². The number of aromatic carboxylic acids is 1. The summed E-state index contributed by atoms with van der Waals surface area (Å²) in [6.07, 6.45) is 0.391. The highest BCUT2D eigenvalue weighted by molar-refractivity contribution is 6.07. The number of carboxylic acid groups (broad SMARTS) is 1. The summed E-state index contributed by atoms with van der Waals surface area (Å²) in [6.45, 7) is 0.393. The number of amides is 1. The minimum Gasteiger partial charge on any atom is -0.507 e. The van der Waals surface area contributed by atoms with Crippen LogP contribution in [0.4, 0.5) is 5.69 Å². The lowest BCUT2D eigenvalue weighted by molar-refractivity contribution is -0.118. The molecule has 0 bridgehead atoms. The topological polar surface area (TPSA) is 96.3 Å². The molecule has 2 heterocycles. The predicted octanol–water partition coefficient (Wildman–Crippen LogP) is 3.54. The Hall–Kier alpha value is -4.00. The van der Waals surface area contributed by atoms with Gasteiger partial charge in [-0.1, -0.05) is 36.4 Å². The lowest BCUT2D eigenvalue weighted by Gasteiger charge is -2.19. The first-order chi connectivity index (χ1) is 15.0. The van der Waals surface area contributed by atoms with Gasteiger partial charge in [0.15, 0.2) is 11.5 Å². The van der Waals surface area contributed by atoms with Crippen LogP contribution in [-0.4, -0.2) is 35.4 Å². The van der Waals surface area contributed by atoms with E-state index < -0.39 is 11.9 Å². The summed E-state index contributed by atoms with van der Waals surface area (Å²) in [5.74, 6) is -0.944. The van der Waals surface area contributed by atoms with Gasteiger partial charge in [0, 0.05) is 23.9 Å². The summed E-state index contributed by atoms with van der Waals surface area (Å²) in [7, 11) is 0. The molecule has 0 aliphatic carbocycles. The molecule has 0 fully saturated rings. The van der Waals surface area contributed by atoms with Gasteiger partial charge in [-0.2, -0.15) is 0 Å². The van der Waals surface area contributed by atoms with Crippen LogP contribution in [0, 0.1) is 0 Å². The van der Waals surface area contributed by atoms with Gasteiger partial charge in [0.25, 0.3) is 0 Å². The Kier molecular flexibility index (Phi) is 4.51. The van der Waals surface area contributed by atoms with Crippen LogP contribution in [0.5, 0.6) is 17.2 Å². The summed E-state index contributed by atoms with van der Waals surface area (Å²) in [4.78, 5) is 26.7. The number of phenolic OH excluding ortho intramolecular Hbond substituents is 1. The van der Waals surface area contributed by atoms with Crippen molar-refractivity contribution in [1.82, 2.24) is 0 Å². The van der Waals surface area contributed by atoms with Gasteiger partial charge in [0.05, 0.1) is 11.5 Å². The molecule has 0 saturated carbocycles. The Balaban J connectivity index is 1.49. The summed E-state index contributed by atoms with van der Waals surface area (Å²) >= 11 is 0. The Labute approximate surface area is 178 Å². The van der Waals surface area contributed by atoms with Crippen molar-refractivity contribution in [3.05, 3.63) is 82.9 Å². The number of anilines is 1. The van der Waals surface area contributed by atoms with Crippen LogP contribution in [0.25, 0.3) is 0 Å². The van der Waals surface area contributed by atoms with E-state index in [1.165, 1.54) is 6.07 Å². The number of nitrogens with zero attached hydrogens (tertiary/aromatic N) is 1. The Bertz CT molecular complexity index is 1200. The molecule has 0 aromatic heterocycles. The molecule has 0 saturated heterocycles. The second-order valence-corrected chi connectivity index (χ2v) is 7.46. The molecule has 0 radical (unpaired) electrons. The van der Waals surface area contributed by atoms with E-state index in [1.54, 1.807) is 35.2 Å². The molecule has 1 amide bonds. The zero-order valence-corrected chi connectivity index (χ0v) is 16.4. The standard InChI is InChI=1S/C24H19NO6/c26-19-12-21-20(30-13-31-21)11-17(19)22-16-7-3-4-8-18(16)25(23(22)27)10-9-14-5-1-2-6-15(14)24(28)29/h1-8,11-12,22,26H,9-10,13H2,(H,28,29). The number of hydrogen-bond acceptors (Lipinski definition) is 5. The summed E-state index contributed by atoms with van der Waals surface area (Å²) < 4.78 is 10.7. The number of benzene rings is 3. The van der Waals surface area contributed by atoms with Crippen molar-refractivity contribution in [2.75, 3.05) is 18.2 Å². The number of fused-ring (bicyclic) bond motifs is 2. The number of carbonyl (C=O) groups is 2. The third kappa shape index (κ3) is 3.15. The molecular weight excluding hydrogens is 398 g/mol. The van der Waals surface area contributed by atoms with Crippen molar-refractivity contribution in [2.45, 2.75) is 12.3 Å². The van der Waals surface area contributed by atoms with Gasteiger partial charge >= 0.3 is 5.97 Å². The number of aromatic hydroxyl groups is 1. The molecule has 1 unspecified atom stereocenters. The highest BCUT2D eigenvalue weighted by Gasteiger charge is 2.40. The average Bonchev–Trinajstić information content (AvgIpc) is 3.33. The van der Waals surface area contributed by atoms with Gasteiger partial charge in [-0.3, -0.25) is 4.79 Å². The SMILES string of the molecule is O=C(O)c1ccccc1CCN1C(=O)C(c2cc3c(cc2O)OCO3)c2ccccc21. The maximum absolute atomic E-state index is 13.5. The van der Waals surface area contributed by atoms with E-state index in [0.29, 0.717) is 35.6 Å². The Morgan fingerprint density at radius 2 is 1.71 bits per heavy atom. The highest BCUT2D eigenvalue weighted by Crippen LogP contribution is 2.47. The number of ether oxygens (including phenoxy) is 2. The second kappa shape index (κ2) is 7.36. The van der Waals surface area contributed by atoms with E-state index >= 15 is 0 Å². The number of rotatable bonds is 5. The molecule has 7 nitrogen and oxygen atoms in total. The van der Waals surface area contributed by atoms with Crippen LogP contribution < -0.4 is 14.4 Å². The first-order valence-corrected chi connectivity index (χ1v) is 9.88. The van der Waals surface area contributed by atoms with Crippen LogP contribution in [0.1, 0.15) is 33.0 Å². The molecule has 3 aromatic rings. The van der Waals surface area contributed by atoms with Crippen molar-refractivity contribution in [3.63, 3.8) is 0 Å². The third-order valence-corrected chi connectivity index (χ3v) is 5.74. The lowest BCUT2D eigenvalue weighted by atomic mass is 9.91. The number of carboxylic acids is 1. The monoisotopic (exact) mass is 417 g/mol. The van der Waals surface area contributed by atoms with Gasteiger partial charge in [-0.25, -0.2) is 4.79 Å². The summed E-state index contributed by atoms with van der Waals surface area (Å²) in [6, 6.07) is 17.4. The fraction of sp³-hybridized carbons (Fsp3) is 0.167. The molecule has 156 valence electrons. The maximum Gasteiger partial charge on any atom is 0.335 e. The maximum atomic E-state index is 13.5.